The van der Waals surface area contributed by atoms with Crippen LogP contribution in [0.1, 0.15) is 36.2 Å². The van der Waals surface area contributed by atoms with E-state index in [0.717, 1.165) is 49.3 Å². The van der Waals surface area contributed by atoms with Crippen molar-refractivity contribution in [3.05, 3.63) is 30.0 Å². The fourth-order valence-electron chi connectivity index (χ4n) is 4.94. The number of nitrogens with zero attached hydrogens (tertiary/aromatic N) is 4. The van der Waals surface area contributed by atoms with Gasteiger partial charge >= 0.3 is 0 Å². The number of amides is 1. The molecule has 0 spiro atoms. The van der Waals surface area contributed by atoms with Crippen LogP contribution in [0.4, 0.5) is 0 Å². The minimum atomic E-state index is -0.0123. The number of para-hydroxylation sites is 1. The molecule has 2 unspecified atom stereocenters. The largest absolute Gasteiger partial charge is 0.348 e. The van der Waals surface area contributed by atoms with Crippen molar-refractivity contribution in [1.82, 2.24) is 24.9 Å². The van der Waals surface area contributed by atoms with Crippen LogP contribution >= 0.6 is 0 Å². The van der Waals surface area contributed by atoms with Gasteiger partial charge < -0.3 is 10.2 Å². The Balaban J connectivity index is 1.35. The van der Waals surface area contributed by atoms with Crippen molar-refractivity contribution < 1.29 is 4.79 Å². The number of fused-ring (bicyclic) bond motifs is 3. The second-order valence-corrected chi connectivity index (χ2v) is 8.83. The zero-order valence-electron chi connectivity index (χ0n) is 16.3. The molecule has 1 aromatic carbocycles. The number of piperidine rings is 1. The first-order valence-corrected chi connectivity index (χ1v) is 10.3. The number of hydrogen-bond donors (Lipinski definition) is 1. The predicted octanol–water partition coefficient (Wildman–Crippen LogP) is 1.95. The fraction of sp³-hybridized carbons (Fsp3) is 0.619. The summed E-state index contributed by atoms with van der Waals surface area (Å²) in [4.78, 5) is 18.0. The van der Waals surface area contributed by atoms with E-state index in [-0.39, 0.29) is 11.9 Å². The molecule has 3 heterocycles. The molecule has 3 fully saturated rings. The van der Waals surface area contributed by atoms with Gasteiger partial charge in [0.05, 0.1) is 5.52 Å². The Kier molecular flexibility index (Phi) is 4.20. The van der Waals surface area contributed by atoms with Gasteiger partial charge in [-0.05, 0) is 51.8 Å². The molecule has 3 aliphatic rings. The molecule has 2 atom stereocenters. The number of likely N-dealkylation sites (N-methyl/N-ethyl adjacent to an activating group) is 2. The highest BCUT2D eigenvalue weighted by atomic mass is 16.2. The molecule has 5 rings (SSSR count). The summed E-state index contributed by atoms with van der Waals surface area (Å²) in [5, 5.41) is 9.01. The summed E-state index contributed by atoms with van der Waals surface area (Å²) >= 11 is 0. The Morgan fingerprint density at radius 3 is 2.56 bits per heavy atom. The Bertz CT molecular complexity index is 841. The van der Waals surface area contributed by atoms with E-state index < -0.39 is 0 Å². The number of benzene rings is 1. The van der Waals surface area contributed by atoms with Gasteiger partial charge in [-0.15, -0.1) is 0 Å². The van der Waals surface area contributed by atoms with Gasteiger partial charge in [0.25, 0.3) is 5.91 Å². The predicted molar refractivity (Wildman–Crippen MR) is 106 cm³/mol. The molecule has 2 aliphatic heterocycles. The SMILES string of the molecule is CN1CC2CC(NC(=O)c3nn(CC4CC4)c4ccccc34)CC(C1)N2C. The summed E-state index contributed by atoms with van der Waals surface area (Å²) in [5.74, 6) is 0.719. The summed E-state index contributed by atoms with van der Waals surface area (Å²) in [6.45, 7) is 3.09. The zero-order chi connectivity index (χ0) is 18.5. The van der Waals surface area contributed by atoms with Crippen LogP contribution in [0.3, 0.4) is 0 Å². The first kappa shape index (κ1) is 17.2. The van der Waals surface area contributed by atoms with Crippen LogP contribution in [0.15, 0.2) is 24.3 Å². The molecule has 1 aliphatic carbocycles. The molecule has 1 saturated carbocycles. The lowest BCUT2D eigenvalue weighted by molar-refractivity contribution is 0.00837. The highest BCUT2D eigenvalue weighted by molar-refractivity contribution is 6.05. The second-order valence-electron chi connectivity index (χ2n) is 8.83. The summed E-state index contributed by atoms with van der Waals surface area (Å²) in [7, 11) is 4.43. The third kappa shape index (κ3) is 3.25. The van der Waals surface area contributed by atoms with Crippen LogP contribution in [-0.2, 0) is 6.54 Å². The van der Waals surface area contributed by atoms with E-state index in [1.165, 1.54) is 12.8 Å². The van der Waals surface area contributed by atoms with Gasteiger partial charge in [0, 0.05) is 43.1 Å². The molecule has 0 radical (unpaired) electrons. The standard InChI is InChI=1S/C21H29N5O/c1-24-12-16-9-15(10-17(13-24)25(16)2)22-21(27)20-18-5-3-4-6-19(18)26(23-20)11-14-7-8-14/h3-6,14-17H,7-13H2,1-2H3,(H,22,27). The van der Waals surface area contributed by atoms with E-state index in [2.05, 4.69) is 35.3 Å². The van der Waals surface area contributed by atoms with E-state index in [0.29, 0.717) is 17.8 Å². The van der Waals surface area contributed by atoms with Crippen molar-refractivity contribution in [3.63, 3.8) is 0 Å². The van der Waals surface area contributed by atoms with Gasteiger partial charge in [-0.25, -0.2) is 0 Å². The lowest BCUT2D eigenvalue weighted by Crippen LogP contribution is -2.63. The maximum Gasteiger partial charge on any atom is 0.272 e. The lowest BCUT2D eigenvalue weighted by atomic mass is 9.88. The summed E-state index contributed by atoms with van der Waals surface area (Å²) in [5.41, 5.74) is 1.67. The Morgan fingerprint density at radius 2 is 1.85 bits per heavy atom. The number of hydrogen-bond acceptors (Lipinski definition) is 4. The topological polar surface area (TPSA) is 53.4 Å². The zero-order valence-corrected chi connectivity index (χ0v) is 16.3. The number of carbonyl (C=O) groups is 1. The van der Waals surface area contributed by atoms with Crippen molar-refractivity contribution in [2.24, 2.45) is 5.92 Å². The second kappa shape index (κ2) is 6.60. The van der Waals surface area contributed by atoms with Crippen LogP contribution in [0.25, 0.3) is 10.9 Å². The molecule has 6 heteroatoms. The molecular weight excluding hydrogens is 338 g/mol. The molecule has 144 valence electrons. The highest BCUT2D eigenvalue weighted by Crippen LogP contribution is 2.32. The van der Waals surface area contributed by atoms with Crippen LogP contribution in [0.5, 0.6) is 0 Å². The molecular formula is C21H29N5O. The minimum absolute atomic E-state index is 0.0123. The van der Waals surface area contributed by atoms with Crippen LogP contribution in [0.2, 0.25) is 0 Å². The van der Waals surface area contributed by atoms with Crippen molar-refractivity contribution in [2.45, 2.75) is 50.4 Å². The molecule has 1 aromatic heterocycles. The van der Waals surface area contributed by atoms with Crippen LogP contribution in [-0.4, -0.2) is 70.8 Å². The number of piperazine rings is 1. The van der Waals surface area contributed by atoms with E-state index in [9.17, 15) is 4.79 Å². The van der Waals surface area contributed by atoms with Gasteiger partial charge in [0.1, 0.15) is 0 Å². The first-order valence-electron chi connectivity index (χ1n) is 10.3. The number of nitrogens with one attached hydrogen (secondary N) is 1. The summed E-state index contributed by atoms with van der Waals surface area (Å²) in [6, 6.07) is 9.43. The Hall–Kier alpha value is -1.92. The minimum Gasteiger partial charge on any atom is -0.348 e. The average Bonchev–Trinajstić information content (AvgIpc) is 3.37. The van der Waals surface area contributed by atoms with Crippen LogP contribution < -0.4 is 5.32 Å². The number of likely N-dealkylation sites (tertiary alicyclic amines) is 1. The van der Waals surface area contributed by atoms with E-state index >= 15 is 0 Å². The molecule has 27 heavy (non-hydrogen) atoms. The fourth-order valence-corrected chi connectivity index (χ4v) is 4.94. The van der Waals surface area contributed by atoms with Gasteiger partial charge in [-0.1, -0.05) is 18.2 Å². The lowest BCUT2D eigenvalue weighted by Gasteiger charge is -2.50. The molecule has 2 aromatic rings. The smallest absolute Gasteiger partial charge is 0.272 e. The van der Waals surface area contributed by atoms with Crippen molar-refractivity contribution in [2.75, 3.05) is 27.2 Å². The van der Waals surface area contributed by atoms with E-state index in [1.54, 1.807) is 0 Å². The Labute approximate surface area is 160 Å². The van der Waals surface area contributed by atoms with Crippen molar-refractivity contribution in [1.29, 1.82) is 0 Å². The average molecular weight is 367 g/mol. The quantitative estimate of drug-likeness (QED) is 0.898. The van der Waals surface area contributed by atoms with E-state index in [1.807, 2.05) is 22.9 Å². The normalized spacial score (nSPS) is 29.2. The van der Waals surface area contributed by atoms with Crippen molar-refractivity contribution in [3.8, 4) is 0 Å². The van der Waals surface area contributed by atoms with E-state index in [4.69, 9.17) is 5.10 Å². The third-order valence-corrected chi connectivity index (χ3v) is 6.65. The van der Waals surface area contributed by atoms with Gasteiger partial charge in [-0.2, -0.15) is 5.10 Å². The third-order valence-electron chi connectivity index (χ3n) is 6.65. The number of aromatic nitrogens is 2. The number of carbonyl (C=O) groups excluding carboxylic acids is 1. The van der Waals surface area contributed by atoms with Gasteiger partial charge in [-0.3, -0.25) is 14.4 Å². The number of rotatable bonds is 4. The maximum absolute atomic E-state index is 13.1. The maximum atomic E-state index is 13.1. The van der Waals surface area contributed by atoms with Gasteiger partial charge in [0.2, 0.25) is 0 Å². The molecule has 2 bridgehead atoms. The summed E-state index contributed by atoms with van der Waals surface area (Å²) in [6.07, 6.45) is 4.60. The Morgan fingerprint density at radius 1 is 1.15 bits per heavy atom. The highest BCUT2D eigenvalue weighted by Gasteiger charge is 2.38. The first-order chi connectivity index (χ1) is 13.1. The molecule has 6 nitrogen and oxygen atoms in total. The monoisotopic (exact) mass is 367 g/mol. The van der Waals surface area contributed by atoms with Crippen LogP contribution in [0, 0.1) is 5.92 Å². The molecule has 2 saturated heterocycles. The van der Waals surface area contributed by atoms with Crippen molar-refractivity contribution >= 4 is 16.8 Å². The van der Waals surface area contributed by atoms with Gasteiger partial charge in [0.15, 0.2) is 5.69 Å². The molecule has 1 N–H and O–H groups in total. The molecule has 1 amide bonds. The summed E-state index contributed by atoms with van der Waals surface area (Å²) < 4.78 is 2.04.